The van der Waals surface area contributed by atoms with Gasteiger partial charge in [-0.15, -0.1) is 0 Å². The number of hydrogen-bond acceptors (Lipinski definition) is 6. The molecule has 0 radical (unpaired) electrons. The molecule has 0 bridgehead atoms. The Morgan fingerprint density at radius 3 is 2.21 bits per heavy atom. The van der Waals surface area contributed by atoms with Crippen molar-refractivity contribution < 1.29 is 28.8 Å². The van der Waals surface area contributed by atoms with Crippen molar-refractivity contribution in [3.8, 4) is 0 Å². The first-order valence-corrected chi connectivity index (χ1v) is 9.26. The number of hydrogen-bond donors (Lipinski definition) is 0. The van der Waals surface area contributed by atoms with E-state index >= 15 is 0 Å². The first-order valence-electron chi connectivity index (χ1n) is 9.26. The van der Waals surface area contributed by atoms with Crippen molar-refractivity contribution in [2.75, 3.05) is 13.1 Å². The minimum atomic E-state index is -0.675. The molecule has 8 nitrogen and oxygen atoms in total. The molecule has 3 amide bonds. The molecular formula is C20H24N2O6. The molecule has 2 aliphatic heterocycles. The molecule has 2 unspecified atom stereocenters. The van der Waals surface area contributed by atoms with Crippen LogP contribution in [0.3, 0.4) is 0 Å². The molecule has 0 N–H and O–H groups in total. The molecule has 150 valence electrons. The molecule has 0 aromatic heterocycles. The zero-order valence-electron chi connectivity index (χ0n) is 16.4. The lowest BCUT2D eigenvalue weighted by atomic mass is 9.93. The van der Waals surface area contributed by atoms with Crippen molar-refractivity contribution in [3.05, 3.63) is 35.4 Å². The van der Waals surface area contributed by atoms with Gasteiger partial charge in [-0.25, -0.2) is 9.59 Å². The summed E-state index contributed by atoms with van der Waals surface area (Å²) in [5.74, 6) is -2.71. The minimum absolute atomic E-state index is 0.143. The SMILES string of the molecule is CC(C(=O)ON1C(=O)c2ccccc2C1=O)C1CCN(C(=O)OC(C)(C)C)C1. The Kier molecular flexibility index (Phi) is 5.14. The molecule has 0 saturated carbocycles. The largest absolute Gasteiger partial charge is 0.444 e. The van der Waals surface area contributed by atoms with Gasteiger partial charge in [-0.05, 0) is 45.2 Å². The number of nitrogens with zero attached hydrogens (tertiary/aromatic N) is 2. The van der Waals surface area contributed by atoms with Crippen LogP contribution in [0.4, 0.5) is 4.79 Å². The van der Waals surface area contributed by atoms with E-state index in [4.69, 9.17) is 9.57 Å². The van der Waals surface area contributed by atoms with Crippen molar-refractivity contribution in [2.24, 2.45) is 11.8 Å². The summed E-state index contributed by atoms with van der Waals surface area (Å²) < 4.78 is 5.36. The lowest BCUT2D eigenvalue weighted by Crippen LogP contribution is -2.38. The van der Waals surface area contributed by atoms with Crippen LogP contribution in [0.2, 0.25) is 0 Å². The zero-order chi connectivity index (χ0) is 20.6. The molecule has 0 spiro atoms. The van der Waals surface area contributed by atoms with Gasteiger partial charge in [-0.1, -0.05) is 24.1 Å². The van der Waals surface area contributed by atoms with Crippen LogP contribution in [-0.2, 0) is 14.4 Å². The number of carbonyl (C=O) groups is 4. The fraction of sp³-hybridized carbons (Fsp3) is 0.500. The van der Waals surface area contributed by atoms with Gasteiger partial charge in [0.2, 0.25) is 0 Å². The quantitative estimate of drug-likeness (QED) is 0.739. The Morgan fingerprint density at radius 1 is 1.11 bits per heavy atom. The summed E-state index contributed by atoms with van der Waals surface area (Å²) in [4.78, 5) is 56.0. The van der Waals surface area contributed by atoms with Crippen molar-refractivity contribution in [2.45, 2.75) is 39.7 Å². The van der Waals surface area contributed by atoms with Crippen molar-refractivity contribution in [3.63, 3.8) is 0 Å². The number of likely N-dealkylation sites (tertiary alicyclic amines) is 1. The van der Waals surface area contributed by atoms with Crippen molar-refractivity contribution in [1.29, 1.82) is 0 Å². The molecule has 28 heavy (non-hydrogen) atoms. The summed E-state index contributed by atoms with van der Waals surface area (Å²) in [7, 11) is 0. The molecular weight excluding hydrogens is 364 g/mol. The fourth-order valence-electron chi connectivity index (χ4n) is 3.30. The second-order valence-electron chi connectivity index (χ2n) is 8.12. The van der Waals surface area contributed by atoms with Crippen LogP contribution in [-0.4, -0.2) is 52.5 Å². The Bertz CT molecular complexity index is 793. The van der Waals surface area contributed by atoms with E-state index < -0.39 is 35.4 Å². The molecule has 1 saturated heterocycles. The van der Waals surface area contributed by atoms with Gasteiger partial charge >= 0.3 is 12.1 Å². The lowest BCUT2D eigenvalue weighted by Gasteiger charge is -2.25. The molecule has 1 aromatic rings. The maximum absolute atomic E-state index is 12.5. The van der Waals surface area contributed by atoms with E-state index in [0.717, 1.165) is 0 Å². The average molecular weight is 388 g/mol. The van der Waals surface area contributed by atoms with Crippen LogP contribution < -0.4 is 0 Å². The predicted molar refractivity (Wildman–Crippen MR) is 98.1 cm³/mol. The maximum atomic E-state index is 12.5. The van der Waals surface area contributed by atoms with Gasteiger partial charge in [0.15, 0.2) is 0 Å². The van der Waals surface area contributed by atoms with E-state index in [-0.39, 0.29) is 17.0 Å². The number of ether oxygens (including phenoxy) is 1. The molecule has 2 atom stereocenters. The van der Waals surface area contributed by atoms with Crippen LogP contribution >= 0.6 is 0 Å². The summed E-state index contributed by atoms with van der Waals surface area (Å²) in [6.45, 7) is 7.88. The third-order valence-corrected chi connectivity index (χ3v) is 4.89. The Labute approximate surface area is 163 Å². The van der Waals surface area contributed by atoms with Crippen LogP contribution in [0.1, 0.15) is 54.8 Å². The summed E-state index contributed by atoms with van der Waals surface area (Å²) in [5.41, 5.74) is -0.166. The highest BCUT2D eigenvalue weighted by Crippen LogP contribution is 2.28. The molecule has 1 aromatic carbocycles. The molecule has 0 aliphatic carbocycles. The highest BCUT2D eigenvalue weighted by Gasteiger charge is 2.41. The van der Waals surface area contributed by atoms with Gasteiger partial charge in [-0.2, -0.15) is 0 Å². The van der Waals surface area contributed by atoms with Gasteiger partial charge < -0.3 is 14.5 Å². The monoisotopic (exact) mass is 388 g/mol. The highest BCUT2D eigenvalue weighted by atomic mass is 16.7. The predicted octanol–water partition coefficient (Wildman–Crippen LogP) is 2.63. The average Bonchev–Trinajstić information content (AvgIpc) is 3.20. The van der Waals surface area contributed by atoms with E-state index in [2.05, 4.69) is 0 Å². The van der Waals surface area contributed by atoms with Crippen molar-refractivity contribution >= 4 is 23.9 Å². The van der Waals surface area contributed by atoms with Crippen molar-refractivity contribution in [1.82, 2.24) is 9.96 Å². The topological polar surface area (TPSA) is 93.2 Å². The summed E-state index contributed by atoms with van der Waals surface area (Å²) in [5, 5.41) is 0.518. The van der Waals surface area contributed by atoms with E-state index in [1.165, 1.54) is 12.1 Å². The number of carbonyl (C=O) groups excluding carboxylic acids is 4. The minimum Gasteiger partial charge on any atom is -0.444 e. The summed E-state index contributed by atoms with van der Waals surface area (Å²) in [6, 6.07) is 6.31. The van der Waals surface area contributed by atoms with E-state index in [0.29, 0.717) is 24.6 Å². The first kappa shape index (κ1) is 19.9. The summed E-state index contributed by atoms with van der Waals surface area (Å²) >= 11 is 0. The van der Waals surface area contributed by atoms with E-state index in [1.807, 2.05) is 0 Å². The Morgan fingerprint density at radius 2 is 1.68 bits per heavy atom. The normalized spacial score (nSPS) is 20.2. The van der Waals surface area contributed by atoms with Gasteiger partial charge in [0.05, 0.1) is 17.0 Å². The van der Waals surface area contributed by atoms with E-state index in [1.54, 1.807) is 44.7 Å². The van der Waals surface area contributed by atoms with Crippen LogP contribution in [0.5, 0.6) is 0 Å². The molecule has 2 heterocycles. The Hall–Kier alpha value is -2.90. The lowest BCUT2D eigenvalue weighted by molar-refractivity contribution is -0.174. The fourth-order valence-corrected chi connectivity index (χ4v) is 3.30. The highest BCUT2D eigenvalue weighted by molar-refractivity contribution is 6.20. The van der Waals surface area contributed by atoms with Gasteiger partial charge in [-0.3, -0.25) is 9.59 Å². The van der Waals surface area contributed by atoms with Crippen LogP contribution in [0.25, 0.3) is 0 Å². The van der Waals surface area contributed by atoms with Crippen LogP contribution in [0, 0.1) is 11.8 Å². The number of hydroxylamine groups is 2. The van der Waals surface area contributed by atoms with Gasteiger partial charge in [0, 0.05) is 13.1 Å². The second kappa shape index (κ2) is 7.26. The first-order chi connectivity index (χ1) is 13.1. The maximum Gasteiger partial charge on any atom is 0.410 e. The number of benzene rings is 1. The number of amides is 3. The third-order valence-electron chi connectivity index (χ3n) is 4.89. The van der Waals surface area contributed by atoms with Crippen LogP contribution in [0.15, 0.2) is 24.3 Å². The Balaban J connectivity index is 1.60. The molecule has 8 heteroatoms. The molecule has 3 rings (SSSR count). The number of fused-ring (bicyclic) bond motifs is 1. The number of imide groups is 1. The second-order valence-corrected chi connectivity index (χ2v) is 8.12. The molecule has 1 fully saturated rings. The zero-order valence-corrected chi connectivity index (χ0v) is 16.4. The standard InChI is InChI=1S/C20H24N2O6/c1-12(13-9-10-21(11-13)19(26)27-20(2,3)4)18(25)28-22-16(23)14-7-5-6-8-15(14)17(22)24/h5-8,12-13H,9-11H2,1-4H3. The number of rotatable bonds is 3. The smallest absolute Gasteiger partial charge is 0.410 e. The van der Waals surface area contributed by atoms with Gasteiger partial charge in [0.25, 0.3) is 11.8 Å². The summed E-state index contributed by atoms with van der Waals surface area (Å²) in [6.07, 6.45) is 0.188. The van der Waals surface area contributed by atoms with E-state index in [9.17, 15) is 19.2 Å². The van der Waals surface area contributed by atoms with Gasteiger partial charge in [0.1, 0.15) is 5.60 Å². The third kappa shape index (κ3) is 3.85. The molecule has 2 aliphatic rings.